The molecule has 90 valence electrons. The van der Waals surface area contributed by atoms with Gasteiger partial charge in [-0.15, -0.1) is 7.88 Å². The molecular weight excluding hydrogens is 294 g/mol. The molecule has 0 atom stereocenters. The predicted molar refractivity (Wildman–Crippen MR) is 56.5 cm³/mol. The highest BCUT2D eigenvalue weighted by Gasteiger charge is 2.06. The van der Waals surface area contributed by atoms with Crippen LogP contribution >= 0.6 is 47.1 Å². The van der Waals surface area contributed by atoms with E-state index in [9.17, 15) is 9.59 Å². The molecule has 0 saturated heterocycles. The van der Waals surface area contributed by atoms with E-state index in [0.29, 0.717) is 7.88 Å². The smallest absolute Gasteiger partial charge is 0.439 e. The van der Waals surface area contributed by atoms with Crippen molar-refractivity contribution >= 4 is 59.3 Å². The fraction of sp³-hybridized carbons (Fsp3) is 0.600. The minimum absolute atomic E-state index is 0.273. The zero-order valence-corrected chi connectivity index (χ0v) is 10.8. The largest absolute Gasteiger partial charge is 0.451 e. The van der Waals surface area contributed by atoms with Crippen LogP contribution in [0.2, 0.25) is 0 Å². The third kappa shape index (κ3) is 11.6. The Morgan fingerprint density at radius 2 is 1.47 bits per heavy atom. The lowest BCUT2D eigenvalue weighted by atomic mass is 10.9. The normalized spacial score (nSPS) is 8.13. The van der Waals surface area contributed by atoms with Crippen molar-refractivity contribution in [1.82, 2.24) is 7.88 Å². The van der Waals surface area contributed by atoms with Gasteiger partial charge in [0.1, 0.15) is 0 Å². The van der Waals surface area contributed by atoms with Gasteiger partial charge < -0.3 is 9.47 Å². The summed E-state index contributed by atoms with van der Waals surface area (Å²) in [6.07, 6.45) is -1.54. The van der Waals surface area contributed by atoms with Crippen LogP contribution in [0.5, 0.6) is 0 Å². The van der Waals surface area contributed by atoms with Gasteiger partial charge in [-0.1, -0.05) is 0 Å². The molecule has 0 aliphatic carbocycles. The fourth-order valence-electron chi connectivity index (χ4n) is 0.241. The van der Waals surface area contributed by atoms with Gasteiger partial charge in [0, 0.05) is 47.1 Å². The molecule has 0 radical (unpaired) electrons. The number of hydrogen-bond donors (Lipinski definition) is 0. The van der Waals surface area contributed by atoms with E-state index in [1.54, 1.807) is 6.92 Å². The molecule has 0 aromatic carbocycles. The van der Waals surface area contributed by atoms with Crippen LogP contribution in [-0.4, -0.2) is 33.8 Å². The van der Waals surface area contributed by atoms with Crippen molar-refractivity contribution in [3.8, 4) is 0 Å². The minimum Gasteiger partial charge on any atom is -0.451 e. The lowest BCUT2D eigenvalue weighted by Gasteiger charge is -2.01. The van der Waals surface area contributed by atoms with E-state index >= 15 is 0 Å². The quantitative estimate of drug-likeness (QED) is 0.698. The summed E-state index contributed by atoms with van der Waals surface area (Å²) in [5.41, 5.74) is 0. The van der Waals surface area contributed by atoms with E-state index in [1.165, 1.54) is 7.11 Å². The van der Waals surface area contributed by atoms with Gasteiger partial charge in [0.05, 0.1) is 13.7 Å². The minimum atomic E-state index is -0.789. The summed E-state index contributed by atoms with van der Waals surface area (Å²) in [7, 11) is 1.18. The summed E-state index contributed by atoms with van der Waals surface area (Å²) in [5, 5.41) is 0. The van der Waals surface area contributed by atoms with Gasteiger partial charge in [-0.05, 0) is 6.92 Å². The molecule has 0 aliphatic rings. The number of nitrogens with zero attached hydrogens (tertiary/aromatic N) is 2. The maximum absolute atomic E-state index is 10.2. The Hall–Kier alpha value is -0.300. The Bertz CT molecular complexity index is 201. The number of carbonyl (C=O) groups excluding carboxylic acids is 2. The predicted octanol–water partition coefficient (Wildman–Crippen LogP) is 3.11. The Morgan fingerprint density at radius 3 is 1.53 bits per heavy atom. The average molecular weight is 302 g/mol. The van der Waals surface area contributed by atoms with Gasteiger partial charge in [-0.2, -0.15) is 0 Å². The SMILES string of the molecule is CCOC(=O)N(Cl)Cl.COC(=O)N(Cl)Cl. The maximum Gasteiger partial charge on any atom is 0.439 e. The second-order valence-corrected chi connectivity index (χ2v) is 3.33. The van der Waals surface area contributed by atoms with Crippen LogP contribution in [0.25, 0.3) is 0 Å². The third-order valence-electron chi connectivity index (χ3n) is 0.718. The first-order valence-corrected chi connectivity index (χ1v) is 4.70. The van der Waals surface area contributed by atoms with Gasteiger partial charge in [-0.25, -0.2) is 9.59 Å². The maximum atomic E-state index is 10.2. The lowest BCUT2D eigenvalue weighted by Crippen LogP contribution is -2.12. The van der Waals surface area contributed by atoms with Crippen molar-refractivity contribution in [2.75, 3.05) is 13.7 Å². The van der Waals surface area contributed by atoms with Crippen LogP contribution in [-0.2, 0) is 9.47 Å². The molecular formula is C5H8Cl4N2O4. The number of halogens is 4. The number of rotatable bonds is 1. The highest BCUT2D eigenvalue weighted by Crippen LogP contribution is 2.01. The van der Waals surface area contributed by atoms with Gasteiger partial charge in [0.25, 0.3) is 0 Å². The van der Waals surface area contributed by atoms with Gasteiger partial charge >= 0.3 is 12.2 Å². The molecule has 15 heavy (non-hydrogen) atoms. The van der Waals surface area contributed by atoms with Crippen LogP contribution in [0.15, 0.2) is 0 Å². The van der Waals surface area contributed by atoms with Crippen molar-refractivity contribution in [3.63, 3.8) is 0 Å². The molecule has 0 aliphatic heterocycles. The van der Waals surface area contributed by atoms with Crippen LogP contribution in [0.1, 0.15) is 6.92 Å². The van der Waals surface area contributed by atoms with Crippen molar-refractivity contribution in [2.24, 2.45) is 0 Å². The van der Waals surface area contributed by atoms with Crippen molar-refractivity contribution in [3.05, 3.63) is 0 Å². The van der Waals surface area contributed by atoms with E-state index in [2.05, 4.69) is 9.47 Å². The summed E-state index contributed by atoms with van der Waals surface area (Å²) >= 11 is 19.6. The molecule has 2 amide bonds. The molecule has 0 rings (SSSR count). The Kier molecular flexibility index (Phi) is 11.7. The Balaban J connectivity index is 0. The van der Waals surface area contributed by atoms with Crippen LogP contribution in [0.3, 0.4) is 0 Å². The molecule has 0 spiro atoms. The van der Waals surface area contributed by atoms with Gasteiger partial charge in [0.15, 0.2) is 0 Å². The number of ether oxygens (including phenoxy) is 2. The van der Waals surface area contributed by atoms with E-state index in [1.807, 2.05) is 0 Å². The second-order valence-electron chi connectivity index (χ2n) is 1.63. The van der Waals surface area contributed by atoms with Crippen LogP contribution < -0.4 is 0 Å². The molecule has 0 bridgehead atoms. The second kappa shape index (κ2) is 10.2. The van der Waals surface area contributed by atoms with E-state index in [4.69, 9.17) is 47.1 Å². The zero-order chi connectivity index (χ0) is 12.4. The summed E-state index contributed by atoms with van der Waals surface area (Å²) in [6, 6.07) is 0. The van der Waals surface area contributed by atoms with E-state index in [0.717, 1.165) is 0 Å². The number of carbonyl (C=O) groups is 2. The summed E-state index contributed by atoms with van der Waals surface area (Å²) in [4.78, 5) is 20.1. The van der Waals surface area contributed by atoms with Crippen molar-refractivity contribution in [1.29, 1.82) is 0 Å². The first kappa shape index (κ1) is 17.1. The van der Waals surface area contributed by atoms with E-state index < -0.39 is 12.2 Å². The molecule has 0 aromatic heterocycles. The monoisotopic (exact) mass is 300 g/mol. The summed E-state index contributed by atoms with van der Waals surface area (Å²) in [6.45, 7) is 1.93. The standard InChI is InChI=1S/C3H5Cl2NO2.C2H3Cl2NO2/c1-2-8-3(7)6(4)5;1-7-2(6)5(3)4/h2H2,1H3;1H3. The topological polar surface area (TPSA) is 59.1 Å². The van der Waals surface area contributed by atoms with Gasteiger partial charge in [-0.3, -0.25) is 0 Å². The molecule has 0 N–H and O–H groups in total. The third-order valence-corrected chi connectivity index (χ3v) is 1.27. The molecule has 10 heteroatoms. The molecule has 0 unspecified atom stereocenters. The number of hydrogen-bond acceptors (Lipinski definition) is 4. The van der Waals surface area contributed by atoms with Crippen LogP contribution in [0, 0.1) is 0 Å². The highest BCUT2D eigenvalue weighted by atomic mass is 35.5. The number of methoxy groups -OCH3 is 1. The molecule has 6 nitrogen and oxygen atoms in total. The first-order valence-electron chi connectivity index (χ1n) is 3.34. The zero-order valence-electron chi connectivity index (χ0n) is 7.75. The number of amides is 2. The van der Waals surface area contributed by atoms with Crippen molar-refractivity contribution < 1.29 is 19.1 Å². The Morgan fingerprint density at radius 1 is 1.07 bits per heavy atom. The summed E-state index contributed by atoms with van der Waals surface area (Å²) < 4.78 is 9.00. The van der Waals surface area contributed by atoms with E-state index in [-0.39, 0.29) is 6.61 Å². The molecule has 0 fully saturated rings. The van der Waals surface area contributed by atoms with Crippen molar-refractivity contribution in [2.45, 2.75) is 6.92 Å². The first-order chi connectivity index (χ1) is 6.86. The fourth-order valence-corrected chi connectivity index (χ4v) is 0.477. The summed E-state index contributed by atoms with van der Waals surface area (Å²) in [5.74, 6) is 0. The average Bonchev–Trinajstić information content (AvgIpc) is 2.17. The lowest BCUT2D eigenvalue weighted by molar-refractivity contribution is 0.146. The van der Waals surface area contributed by atoms with Crippen LogP contribution in [0.4, 0.5) is 9.59 Å². The molecule has 0 aromatic rings. The van der Waals surface area contributed by atoms with Gasteiger partial charge in [0.2, 0.25) is 0 Å². The molecule has 0 heterocycles. The molecule has 0 saturated carbocycles. The highest BCUT2D eigenvalue weighted by molar-refractivity contribution is 6.41. The Labute approximate surface area is 107 Å².